The first-order valence-corrected chi connectivity index (χ1v) is 7.03. The first kappa shape index (κ1) is 16.3. The number of rotatable bonds is 8. The molecule has 0 aliphatic rings. The van der Waals surface area contributed by atoms with Gasteiger partial charge in [0.15, 0.2) is 0 Å². The molecule has 112 valence electrons. The molecule has 1 unspecified atom stereocenters. The largest absolute Gasteiger partial charge is 0.495 e. The zero-order valence-electron chi connectivity index (χ0n) is 12.6. The molecule has 0 radical (unpaired) electrons. The molecule has 1 rings (SSSR count). The summed E-state index contributed by atoms with van der Waals surface area (Å²) in [6.45, 7) is 5.74. The number of carbonyl (C=O) groups excluding carboxylic acids is 1. The second kappa shape index (κ2) is 8.43. The highest BCUT2D eigenvalue weighted by atomic mass is 16.5. The van der Waals surface area contributed by atoms with E-state index < -0.39 is 0 Å². The number of amides is 1. The van der Waals surface area contributed by atoms with E-state index in [1.165, 1.54) is 0 Å². The molecule has 0 saturated carbocycles. The van der Waals surface area contributed by atoms with Crippen LogP contribution >= 0.6 is 0 Å². The average Bonchev–Trinajstić information content (AvgIpc) is 2.48. The van der Waals surface area contributed by atoms with E-state index in [1.54, 1.807) is 7.11 Å². The molecule has 0 saturated heterocycles. The van der Waals surface area contributed by atoms with Crippen molar-refractivity contribution in [3.63, 3.8) is 0 Å². The smallest absolute Gasteiger partial charge is 0.242 e. The summed E-state index contributed by atoms with van der Waals surface area (Å²) in [7, 11) is 1.64. The Kier molecular flexibility index (Phi) is 6.87. The lowest BCUT2D eigenvalue weighted by molar-refractivity contribution is -0.121. The van der Waals surface area contributed by atoms with E-state index in [0.29, 0.717) is 13.1 Å². The van der Waals surface area contributed by atoms with Crippen LogP contribution < -0.4 is 20.7 Å². The molecule has 5 heteroatoms. The van der Waals surface area contributed by atoms with Crippen LogP contribution in [0.5, 0.6) is 5.75 Å². The number of ether oxygens (including phenoxy) is 1. The molecule has 0 aliphatic heterocycles. The van der Waals surface area contributed by atoms with Crippen LogP contribution in [0.2, 0.25) is 0 Å². The lowest BCUT2D eigenvalue weighted by Gasteiger charge is -2.31. The lowest BCUT2D eigenvalue weighted by atomic mass is 10.1. The highest BCUT2D eigenvalue weighted by Crippen LogP contribution is 2.29. The lowest BCUT2D eigenvalue weighted by Crippen LogP contribution is -2.46. The van der Waals surface area contributed by atoms with Gasteiger partial charge in [0.05, 0.1) is 12.8 Å². The number of nitrogens with one attached hydrogen (secondary N) is 1. The van der Waals surface area contributed by atoms with Crippen molar-refractivity contribution in [2.24, 2.45) is 5.73 Å². The Bertz CT molecular complexity index is 423. The molecule has 20 heavy (non-hydrogen) atoms. The third kappa shape index (κ3) is 4.13. The quantitative estimate of drug-likeness (QED) is 0.754. The fourth-order valence-electron chi connectivity index (χ4n) is 2.11. The Labute approximate surface area is 121 Å². The maximum Gasteiger partial charge on any atom is 0.242 e. The summed E-state index contributed by atoms with van der Waals surface area (Å²) in [6, 6.07) is 7.45. The van der Waals surface area contributed by atoms with Crippen molar-refractivity contribution in [3.05, 3.63) is 24.3 Å². The van der Waals surface area contributed by atoms with Gasteiger partial charge in [-0.25, -0.2) is 0 Å². The van der Waals surface area contributed by atoms with Gasteiger partial charge in [-0.15, -0.1) is 0 Å². The Morgan fingerprint density at radius 2 is 2.15 bits per heavy atom. The molecule has 1 aromatic carbocycles. The van der Waals surface area contributed by atoms with Gasteiger partial charge < -0.3 is 20.7 Å². The SMILES string of the molecule is CCNC(=O)C(C)N(CCCN)c1ccccc1OC. The summed E-state index contributed by atoms with van der Waals surface area (Å²) in [5.74, 6) is 0.774. The van der Waals surface area contributed by atoms with E-state index in [4.69, 9.17) is 10.5 Å². The Morgan fingerprint density at radius 3 is 2.75 bits per heavy atom. The molecule has 0 aromatic heterocycles. The molecule has 1 atom stereocenters. The summed E-state index contributed by atoms with van der Waals surface area (Å²) in [5, 5.41) is 2.86. The molecule has 0 spiro atoms. The van der Waals surface area contributed by atoms with Gasteiger partial charge in [0, 0.05) is 13.1 Å². The number of hydrogen-bond donors (Lipinski definition) is 2. The monoisotopic (exact) mass is 279 g/mol. The van der Waals surface area contributed by atoms with Crippen LogP contribution in [-0.4, -0.2) is 38.7 Å². The van der Waals surface area contributed by atoms with Gasteiger partial charge >= 0.3 is 0 Å². The molecule has 5 nitrogen and oxygen atoms in total. The topological polar surface area (TPSA) is 67.6 Å². The highest BCUT2D eigenvalue weighted by molar-refractivity contribution is 5.85. The fraction of sp³-hybridized carbons (Fsp3) is 0.533. The Morgan fingerprint density at radius 1 is 1.45 bits per heavy atom. The van der Waals surface area contributed by atoms with Gasteiger partial charge in [0.2, 0.25) is 5.91 Å². The van der Waals surface area contributed by atoms with Gasteiger partial charge in [0.1, 0.15) is 11.8 Å². The number of para-hydroxylation sites is 2. The van der Waals surface area contributed by atoms with Crippen molar-refractivity contribution in [3.8, 4) is 5.75 Å². The number of carbonyl (C=O) groups is 1. The van der Waals surface area contributed by atoms with Crippen molar-refractivity contribution >= 4 is 11.6 Å². The summed E-state index contributed by atoms with van der Waals surface area (Å²) in [6.07, 6.45) is 0.821. The van der Waals surface area contributed by atoms with Gasteiger partial charge in [-0.1, -0.05) is 12.1 Å². The maximum atomic E-state index is 12.1. The summed E-state index contributed by atoms with van der Waals surface area (Å²) < 4.78 is 5.39. The van der Waals surface area contributed by atoms with E-state index in [0.717, 1.165) is 24.4 Å². The third-order valence-electron chi connectivity index (χ3n) is 3.20. The Hall–Kier alpha value is -1.75. The van der Waals surface area contributed by atoms with E-state index in [2.05, 4.69) is 5.32 Å². The first-order chi connectivity index (χ1) is 9.65. The van der Waals surface area contributed by atoms with Gasteiger partial charge in [-0.05, 0) is 38.9 Å². The van der Waals surface area contributed by atoms with Crippen molar-refractivity contribution in [2.75, 3.05) is 31.6 Å². The number of likely N-dealkylation sites (N-methyl/N-ethyl adjacent to an activating group) is 1. The highest BCUT2D eigenvalue weighted by Gasteiger charge is 2.22. The van der Waals surface area contributed by atoms with E-state index in [9.17, 15) is 4.79 Å². The van der Waals surface area contributed by atoms with Crippen molar-refractivity contribution in [1.82, 2.24) is 5.32 Å². The van der Waals surface area contributed by atoms with Crippen LogP contribution in [0.15, 0.2) is 24.3 Å². The molecule has 1 aromatic rings. The zero-order chi connectivity index (χ0) is 15.0. The fourth-order valence-corrected chi connectivity index (χ4v) is 2.11. The van der Waals surface area contributed by atoms with Crippen molar-refractivity contribution in [2.45, 2.75) is 26.3 Å². The van der Waals surface area contributed by atoms with Crippen LogP contribution in [0.1, 0.15) is 20.3 Å². The Balaban J connectivity index is 3.01. The molecule has 3 N–H and O–H groups in total. The standard InChI is InChI=1S/C15H25N3O2/c1-4-17-15(19)12(2)18(11-7-10-16)13-8-5-6-9-14(13)20-3/h5-6,8-9,12H,4,7,10-11,16H2,1-3H3,(H,17,19). The summed E-state index contributed by atoms with van der Waals surface area (Å²) in [4.78, 5) is 14.1. The minimum Gasteiger partial charge on any atom is -0.495 e. The number of hydrogen-bond acceptors (Lipinski definition) is 4. The second-order valence-electron chi connectivity index (χ2n) is 4.58. The number of anilines is 1. The predicted molar refractivity (Wildman–Crippen MR) is 82.2 cm³/mol. The minimum atomic E-state index is -0.266. The van der Waals surface area contributed by atoms with Crippen LogP contribution in [0.4, 0.5) is 5.69 Å². The number of nitrogens with two attached hydrogens (primary N) is 1. The molecule has 0 heterocycles. The van der Waals surface area contributed by atoms with E-state index >= 15 is 0 Å². The molecule has 0 bridgehead atoms. The summed E-state index contributed by atoms with van der Waals surface area (Å²) >= 11 is 0. The van der Waals surface area contributed by atoms with Crippen molar-refractivity contribution in [1.29, 1.82) is 0 Å². The number of methoxy groups -OCH3 is 1. The third-order valence-corrected chi connectivity index (χ3v) is 3.20. The second-order valence-corrected chi connectivity index (χ2v) is 4.58. The van der Waals surface area contributed by atoms with Crippen LogP contribution in [0.3, 0.4) is 0 Å². The number of nitrogens with zero attached hydrogens (tertiary/aromatic N) is 1. The van der Waals surface area contributed by atoms with Crippen LogP contribution in [0, 0.1) is 0 Å². The van der Waals surface area contributed by atoms with Gasteiger partial charge in [0.25, 0.3) is 0 Å². The molecular formula is C15H25N3O2. The van der Waals surface area contributed by atoms with Gasteiger partial charge in [-0.3, -0.25) is 4.79 Å². The molecule has 0 aliphatic carbocycles. The molecule has 0 fully saturated rings. The predicted octanol–water partition coefficient (Wildman–Crippen LogP) is 1.38. The van der Waals surface area contributed by atoms with E-state index in [-0.39, 0.29) is 11.9 Å². The van der Waals surface area contributed by atoms with Gasteiger partial charge in [-0.2, -0.15) is 0 Å². The van der Waals surface area contributed by atoms with Crippen molar-refractivity contribution < 1.29 is 9.53 Å². The minimum absolute atomic E-state index is 0.00966. The van der Waals surface area contributed by atoms with Crippen LogP contribution in [0.25, 0.3) is 0 Å². The normalized spacial score (nSPS) is 11.8. The number of benzene rings is 1. The molecule has 1 amide bonds. The zero-order valence-corrected chi connectivity index (χ0v) is 12.6. The average molecular weight is 279 g/mol. The summed E-state index contributed by atoms with van der Waals surface area (Å²) in [5.41, 5.74) is 6.52. The maximum absolute atomic E-state index is 12.1. The van der Waals surface area contributed by atoms with Crippen LogP contribution in [-0.2, 0) is 4.79 Å². The first-order valence-electron chi connectivity index (χ1n) is 7.03. The van der Waals surface area contributed by atoms with E-state index in [1.807, 2.05) is 43.0 Å². The molecular weight excluding hydrogens is 254 g/mol.